The van der Waals surface area contributed by atoms with Crippen molar-refractivity contribution >= 4 is 29.4 Å². The van der Waals surface area contributed by atoms with Crippen LogP contribution in [0.4, 0.5) is 0 Å². The second kappa shape index (κ2) is 19.7. The fourth-order valence-corrected chi connectivity index (χ4v) is 7.68. The highest BCUT2D eigenvalue weighted by atomic mass is 16.6. The lowest BCUT2D eigenvalue weighted by Gasteiger charge is -2.25. The van der Waals surface area contributed by atoms with Crippen molar-refractivity contribution in [1.29, 1.82) is 0 Å². The number of pyridine rings is 2. The quantitative estimate of drug-likeness (QED) is 0.0596. The highest BCUT2D eigenvalue weighted by Crippen LogP contribution is 2.44. The molecule has 6 rings (SSSR count). The number of H-pyrrole nitrogens is 2. The number of hydrogen-bond donors (Lipinski definition) is 8. The Bertz CT molecular complexity index is 2120. The number of epoxide rings is 2. The summed E-state index contributed by atoms with van der Waals surface area (Å²) in [6, 6.07) is 13.4. The first-order chi connectivity index (χ1) is 28.8. The Morgan fingerprint density at radius 1 is 0.750 bits per heavy atom. The number of ether oxygens (including phenoxy) is 3. The molecule has 2 aromatic heterocycles. The van der Waals surface area contributed by atoms with Gasteiger partial charge in [0, 0.05) is 12.1 Å². The highest BCUT2D eigenvalue weighted by Gasteiger charge is 2.52. The summed E-state index contributed by atoms with van der Waals surface area (Å²) in [4.78, 5) is 93.7. The first-order valence-electron chi connectivity index (χ1n) is 20.1. The molecule has 2 saturated heterocycles. The lowest BCUT2D eigenvalue weighted by Crippen LogP contribution is -2.55. The van der Waals surface area contributed by atoms with Gasteiger partial charge in [-0.3, -0.25) is 33.6 Å². The Labute approximate surface area is 345 Å². The molecular formula is C42H52N6O12. The third-order valence-electron chi connectivity index (χ3n) is 11.2. The smallest absolute Gasteiger partial charge is 0.268 e. The zero-order valence-electron chi connectivity index (χ0n) is 33.3. The van der Waals surface area contributed by atoms with Gasteiger partial charge in [-0.1, -0.05) is 55.3 Å². The van der Waals surface area contributed by atoms with E-state index in [2.05, 4.69) is 31.2 Å². The van der Waals surface area contributed by atoms with E-state index in [1.54, 1.807) is 6.92 Å². The van der Waals surface area contributed by atoms with E-state index >= 15 is 0 Å². The summed E-state index contributed by atoms with van der Waals surface area (Å²) in [6.07, 6.45) is 3.87. The SMILES string of the molecule is CC1(C(=O)C(CC2CCC(CC3(COCC(Cc4ccccc4)NC(=O)C(CO)NC(=O)c4cccc(=O)[nH]4)CO3)C2)NC(=O)C(CO)NC(=O)c2cccc(=O)[nH]2)CO1. The van der Waals surface area contributed by atoms with E-state index in [-0.39, 0.29) is 48.8 Å². The summed E-state index contributed by atoms with van der Waals surface area (Å²) in [5.74, 6) is -2.83. The van der Waals surface area contributed by atoms with Gasteiger partial charge in [0.2, 0.25) is 22.9 Å². The molecule has 18 nitrogen and oxygen atoms in total. The van der Waals surface area contributed by atoms with Gasteiger partial charge >= 0.3 is 0 Å². The molecule has 0 spiro atoms. The maximum absolute atomic E-state index is 13.6. The van der Waals surface area contributed by atoms with Crippen LogP contribution in [-0.4, -0.2) is 125 Å². The number of benzene rings is 1. The fraction of sp³-hybridized carbons (Fsp3) is 0.500. The maximum Gasteiger partial charge on any atom is 0.268 e. The van der Waals surface area contributed by atoms with Crippen LogP contribution in [0.25, 0.3) is 0 Å². The number of nitrogens with one attached hydrogen (secondary N) is 6. The van der Waals surface area contributed by atoms with E-state index < -0.39 is 83.3 Å². The molecule has 18 heteroatoms. The van der Waals surface area contributed by atoms with Gasteiger partial charge in [-0.25, -0.2) is 0 Å². The monoisotopic (exact) mass is 832 g/mol. The first kappa shape index (κ1) is 44.0. The summed E-state index contributed by atoms with van der Waals surface area (Å²) >= 11 is 0. The van der Waals surface area contributed by atoms with Gasteiger partial charge in [0.25, 0.3) is 11.8 Å². The molecule has 3 aromatic rings. The number of aliphatic hydroxyl groups is 2. The van der Waals surface area contributed by atoms with E-state index in [0.717, 1.165) is 24.8 Å². The van der Waals surface area contributed by atoms with Crippen LogP contribution < -0.4 is 32.4 Å². The molecule has 4 amide bonds. The number of aliphatic hydroxyl groups excluding tert-OH is 2. The van der Waals surface area contributed by atoms with Crippen LogP contribution in [0.2, 0.25) is 0 Å². The molecule has 2 aliphatic heterocycles. The third-order valence-corrected chi connectivity index (χ3v) is 11.2. The Hall–Kier alpha value is -5.53. The predicted molar refractivity (Wildman–Crippen MR) is 214 cm³/mol. The minimum atomic E-state index is -1.38. The second-order valence-electron chi connectivity index (χ2n) is 16.1. The molecule has 60 heavy (non-hydrogen) atoms. The lowest BCUT2D eigenvalue weighted by molar-refractivity contribution is -0.132. The Balaban J connectivity index is 1.01. The van der Waals surface area contributed by atoms with E-state index in [1.807, 2.05) is 30.3 Å². The molecule has 8 atom stereocenters. The van der Waals surface area contributed by atoms with Crippen LogP contribution in [0, 0.1) is 11.8 Å². The summed E-state index contributed by atoms with van der Waals surface area (Å²) in [7, 11) is 0. The van der Waals surface area contributed by atoms with Crippen molar-refractivity contribution in [2.45, 2.75) is 80.8 Å². The number of amides is 4. The summed E-state index contributed by atoms with van der Waals surface area (Å²) in [5.41, 5.74) is -1.75. The summed E-state index contributed by atoms with van der Waals surface area (Å²) in [6.45, 7) is 1.32. The molecule has 4 heterocycles. The molecule has 0 radical (unpaired) electrons. The van der Waals surface area contributed by atoms with Crippen LogP contribution in [0.3, 0.4) is 0 Å². The number of Topliss-reactive ketones (excluding diaryl/α,β-unsaturated/α-hetero) is 1. The molecule has 8 N–H and O–H groups in total. The molecule has 8 unspecified atom stereocenters. The number of carbonyl (C=O) groups is 5. The predicted octanol–water partition coefficient (Wildman–Crippen LogP) is -0.503. The van der Waals surface area contributed by atoms with E-state index in [0.29, 0.717) is 25.9 Å². The van der Waals surface area contributed by atoms with Gasteiger partial charge in [0.15, 0.2) is 5.78 Å². The van der Waals surface area contributed by atoms with Crippen molar-refractivity contribution < 1.29 is 48.4 Å². The average Bonchev–Trinajstić information content (AvgIpc) is 4.14. The Kier molecular flexibility index (Phi) is 14.4. The van der Waals surface area contributed by atoms with Gasteiger partial charge in [0.1, 0.15) is 34.7 Å². The van der Waals surface area contributed by atoms with Crippen molar-refractivity contribution in [3.05, 3.63) is 104 Å². The zero-order chi connectivity index (χ0) is 42.9. The van der Waals surface area contributed by atoms with Crippen molar-refractivity contribution in [3.63, 3.8) is 0 Å². The number of ketones is 1. The maximum atomic E-state index is 13.6. The average molecular weight is 833 g/mol. The van der Waals surface area contributed by atoms with Crippen molar-refractivity contribution in [2.24, 2.45) is 11.8 Å². The van der Waals surface area contributed by atoms with Crippen LogP contribution >= 0.6 is 0 Å². The minimum Gasteiger partial charge on any atom is -0.394 e. The normalized spacial score (nSPS) is 23.6. The van der Waals surface area contributed by atoms with Crippen molar-refractivity contribution in [2.75, 3.05) is 39.6 Å². The third kappa shape index (κ3) is 12.0. The van der Waals surface area contributed by atoms with Gasteiger partial charge in [0.05, 0.1) is 51.7 Å². The molecule has 1 aliphatic carbocycles. The van der Waals surface area contributed by atoms with E-state index in [9.17, 15) is 43.8 Å². The van der Waals surface area contributed by atoms with Crippen molar-refractivity contribution in [3.8, 4) is 0 Å². The fourth-order valence-electron chi connectivity index (χ4n) is 7.68. The second-order valence-corrected chi connectivity index (χ2v) is 16.1. The number of aromatic amines is 2. The Morgan fingerprint density at radius 2 is 1.32 bits per heavy atom. The van der Waals surface area contributed by atoms with Crippen LogP contribution in [-0.2, 0) is 35.0 Å². The van der Waals surface area contributed by atoms with Gasteiger partial charge in [-0.2, -0.15) is 0 Å². The number of carbonyl (C=O) groups excluding carboxylic acids is 5. The molecule has 322 valence electrons. The van der Waals surface area contributed by atoms with Gasteiger partial charge in [-0.05, 0) is 62.1 Å². The molecular weight excluding hydrogens is 780 g/mol. The zero-order valence-corrected chi connectivity index (χ0v) is 33.3. The molecule has 3 aliphatic rings. The van der Waals surface area contributed by atoms with Gasteiger partial charge in [-0.15, -0.1) is 0 Å². The largest absolute Gasteiger partial charge is 0.394 e. The number of rotatable bonds is 22. The molecule has 1 saturated carbocycles. The first-order valence-corrected chi connectivity index (χ1v) is 20.1. The summed E-state index contributed by atoms with van der Waals surface area (Å²) < 4.78 is 17.5. The minimum absolute atomic E-state index is 0.0535. The molecule has 0 bridgehead atoms. The van der Waals surface area contributed by atoms with Crippen LogP contribution in [0.1, 0.15) is 65.6 Å². The highest BCUT2D eigenvalue weighted by molar-refractivity contribution is 5.99. The van der Waals surface area contributed by atoms with Crippen LogP contribution in [0.5, 0.6) is 0 Å². The standard InChI is InChI=1S/C42H52N6O12/c1-41(22-59-41)36(53)31(46-40(57)33(20-50)48-38(55)30-10-6-12-35(52)45-30)17-26-13-14-27(15-26)18-42(24-60-42)23-58-21-28(16-25-7-3-2-4-8-25)43-39(56)32(19-49)47-37(54)29-9-5-11-34(51)44-29/h2-12,26-28,31-33,49-50H,13-24H2,1H3,(H,43,56)(H,44,51)(H,45,52)(H,46,57)(H,47,54)(H,48,55). The van der Waals surface area contributed by atoms with Crippen LogP contribution in [0.15, 0.2) is 76.3 Å². The topological polar surface area (TPSA) is 274 Å². The summed E-state index contributed by atoms with van der Waals surface area (Å²) in [5, 5.41) is 30.5. The number of aromatic nitrogens is 2. The molecule has 1 aromatic carbocycles. The Morgan fingerprint density at radius 3 is 1.85 bits per heavy atom. The molecule has 3 fully saturated rings. The van der Waals surface area contributed by atoms with Gasteiger partial charge < -0.3 is 55.7 Å². The van der Waals surface area contributed by atoms with Crippen molar-refractivity contribution in [1.82, 2.24) is 31.2 Å². The van der Waals surface area contributed by atoms with E-state index in [4.69, 9.17) is 14.2 Å². The van der Waals surface area contributed by atoms with E-state index in [1.165, 1.54) is 36.4 Å². The number of hydrogen-bond acceptors (Lipinski definition) is 12. The lowest BCUT2D eigenvalue weighted by atomic mass is 9.88.